The van der Waals surface area contributed by atoms with E-state index in [0.29, 0.717) is 12.1 Å². The Hall–Kier alpha value is -0.790. The zero-order valence-corrected chi connectivity index (χ0v) is 15.8. The zero-order valence-electron chi connectivity index (χ0n) is 13.5. The Morgan fingerprint density at radius 1 is 1.52 bits per heavy atom. The largest absolute Gasteiger partial charge is 0.357 e. The lowest BCUT2D eigenvalue weighted by Gasteiger charge is -2.10. The van der Waals surface area contributed by atoms with Crippen LogP contribution in [-0.4, -0.2) is 34.9 Å². The van der Waals surface area contributed by atoms with Crippen molar-refractivity contribution >= 4 is 29.9 Å². The molecule has 2 unspecified atom stereocenters. The summed E-state index contributed by atoms with van der Waals surface area (Å²) in [5, 5.41) is 11.3. The van der Waals surface area contributed by atoms with Gasteiger partial charge in [0.25, 0.3) is 0 Å². The summed E-state index contributed by atoms with van der Waals surface area (Å²) in [5.41, 5.74) is 1.11. The number of rotatable bonds is 6. The predicted molar refractivity (Wildman–Crippen MR) is 98.4 cm³/mol. The van der Waals surface area contributed by atoms with Gasteiger partial charge in [-0.25, -0.2) is 0 Å². The van der Waals surface area contributed by atoms with Crippen molar-refractivity contribution in [2.75, 3.05) is 13.1 Å². The van der Waals surface area contributed by atoms with Gasteiger partial charge in [-0.1, -0.05) is 6.92 Å². The van der Waals surface area contributed by atoms with E-state index in [9.17, 15) is 0 Å². The van der Waals surface area contributed by atoms with Crippen LogP contribution in [0.5, 0.6) is 0 Å². The van der Waals surface area contributed by atoms with Gasteiger partial charge in [0, 0.05) is 37.8 Å². The number of nitrogens with zero attached hydrogens (tertiary/aromatic N) is 3. The van der Waals surface area contributed by atoms with Gasteiger partial charge in [0.1, 0.15) is 0 Å². The molecule has 0 spiro atoms. The molecule has 1 saturated carbocycles. The smallest absolute Gasteiger partial charge is 0.191 e. The molecule has 1 fully saturated rings. The number of aliphatic imine (C=N–C) groups is 1. The van der Waals surface area contributed by atoms with Crippen molar-refractivity contribution in [3.05, 3.63) is 18.0 Å². The summed E-state index contributed by atoms with van der Waals surface area (Å²) in [5.74, 6) is 1.71. The van der Waals surface area contributed by atoms with Crippen molar-refractivity contribution < 1.29 is 0 Å². The first kappa shape index (κ1) is 18.3. The lowest BCUT2D eigenvalue weighted by Crippen LogP contribution is -2.39. The molecule has 0 aromatic carbocycles. The van der Waals surface area contributed by atoms with Crippen molar-refractivity contribution in [3.63, 3.8) is 0 Å². The van der Waals surface area contributed by atoms with E-state index in [1.807, 2.05) is 10.9 Å². The third kappa shape index (κ3) is 5.84. The van der Waals surface area contributed by atoms with Crippen molar-refractivity contribution in [3.8, 4) is 0 Å². The van der Waals surface area contributed by atoms with Gasteiger partial charge in [-0.15, -0.1) is 24.0 Å². The highest BCUT2D eigenvalue weighted by Crippen LogP contribution is 2.28. The average molecular weight is 405 g/mol. The van der Waals surface area contributed by atoms with Crippen LogP contribution in [0.3, 0.4) is 0 Å². The molecule has 1 heterocycles. The Balaban J connectivity index is 0.00000220. The number of nitrogens with one attached hydrogen (secondary N) is 2. The number of guanidine groups is 1. The SMILES string of the molecule is CCNC(=NCCc1ccn(C(C)C)n1)NC1CC1C.I. The molecular formula is C15H28IN5. The van der Waals surface area contributed by atoms with Gasteiger partial charge in [0.2, 0.25) is 0 Å². The highest BCUT2D eigenvalue weighted by molar-refractivity contribution is 14.0. The Labute approximate surface area is 145 Å². The van der Waals surface area contributed by atoms with Crippen LogP contribution in [0.4, 0.5) is 0 Å². The number of hydrogen-bond donors (Lipinski definition) is 2. The van der Waals surface area contributed by atoms with Crippen LogP contribution in [0.15, 0.2) is 17.3 Å². The third-order valence-corrected chi connectivity index (χ3v) is 3.61. The minimum absolute atomic E-state index is 0. The monoisotopic (exact) mass is 405 g/mol. The molecule has 0 radical (unpaired) electrons. The Morgan fingerprint density at radius 2 is 2.24 bits per heavy atom. The van der Waals surface area contributed by atoms with E-state index in [0.717, 1.165) is 37.1 Å². The van der Waals surface area contributed by atoms with Crippen LogP contribution in [-0.2, 0) is 6.42 Å². The minimum atomic E-state index is 0. The first-order valence-electron chi connectivity index (χ1n) is 7.69. The summed E-state index contributed by atoms with van der Waals surface area (Å²) in [7, 11) is 0. The molecule has 6 heteroatoms. The fourth-order valence-electron chi connectivity index (χ4n) is 2.10. The number of hydrogen-bond acceptors (Lipinski definition) is 2. The first-order valence-corrected chi connectivity index (χ1v) is 7.69. The molecule has 0 amide bonds. The fraction of sp³-hybridized carbons (Fsp3) is 0.733. The number of aromatic nitrogens is 2. The highest BCUT2D eigenvalue weighted by atomic mass is 127. The second kappa shape index (κ2) is 8.60. The molecule has 2 N–H and O–H groups in total. The molecule has 0 bridgehead atoms. The maximum absolute atomic E-state index is 4.62. The van der Waals surface area contributed by atoms with Gasteiger partial charge in [0.05, 0.1) is 5.69 Å². The van der Waals surface area contributed by atoms with Crippen molar-refractivity contribution in [2.45, 2.75) is 52.6 Å². The topological polar surface area (TPSA) is 54.2 Å². The van der Waals surface area contributed by atoms with Crippen LogP contribution in [0, 0.1) is 5.92 Å². The molecule has 2 atom stereocenters. The predicted octanol–water partition coefficient (Wildman–Crippen LogP) is 2.59. The van der Waals surface area contributed by atoms with Crippen molar-refractivity contribution in [1.29, 1.82) is 0 Å². The zero-order chi connectivity index (χ0) is 14.5. The molecule has 120 valence electrons. The summed E-state index contributed by atoms with van der Waals surface area (Å²) < 4.78 is 1.99. The quantitative estimate of drug-likeness (QED) is 0.435. The molecule has 0 aliphatic heterocycles. The van der Waals surface area contributed by atoms with Crippen LogP contribution in [0.25, 0.3) is 0 Å². The molecule has 0 saturated heterocycles. The van der Waals surface area contributed by atoms with Gasteiger partial charge in [-0.3, -0.25) is 9.67 Å². The minimum Gasteiger partial charge on any atom is -0.357 e. The second-order valence-corrected chi connectivity index (χ2v) is 5.86. The first-order chi connectivity index (χ1) is 9.60. The van der Waals surface area contributed by atoms with E-state index in [1.165, 1.54) is 6.42 Å². The molecule has 1 aliphatic carbocycles. The van der Waals surface area contributed by atoms with E-state index in [1.54, 1.807) is 0 Å². The van der Waals surface area contributed by atoms with Gasteiger partial charge >= 0.3 is 0 Å². The Kier molecular flexibility index (Phi) is 7.48. The van der Waals surface area contributed by atoms with Crippen LogP contribution in [0.1, 0.15) is 45.9 Å². The number of halogens is 1. The van der Waals surface area contributed by atoms with E-state index in [-0.39, 0.29) is 24.0 Å². The van der Waals surface area contributed by atoms with Crippen LogP contribution in [0.2, 0.25) is 0 Å². The molecule has 1 aromatic heterocycles. The van der Waals surface area contributed by atoms with Gasteiger partial charge in [0.15, 0.2) is 5.96 Å². The van der Waals surface area contributed by atoms with Crippen LogP contribution < -0.4 is 10.6 Å². The highest BCUT2D eigenvalue weighted by Gasteiger charge is 2.33. The molecule has 2 rings (SSSR count). The third-order valence-electron chi connectivity index (χ3n) is 3.61. The fourth-order valence-corrected chi connectivity index (χ4v) is 2.10. The molecule has 1 aromatic rings. The summed E-state index contributed by atoms with van der Waals surface area (Å²) in [6.45, 7) is 10.3. The molecular weight excluding hydrogens is 377 g/mol. The lowest BCUT2D eigenvalue weighted by atomic mass is 10.3. The molecule has 5 nitrogen and oxygen atoms in total. The van der Waals surface area contributed by atoms with Crippen LogP contribution >= 0.6 is 24.0 Å². The normalized spacial score (nSPS) is 21.1. The summed E-state index contributed by atoms with van der Waals surface area (Å²) in [6, 6.07) is 3.11. The Bertz CT molecular complexity index is 455. The second-order valence-electron chi connectivity index (χ2n) is 5.86. The molecule has 21 heavy (non-hydrogen) atoms. The summed E-state index contributed by atoms with van der Waals surface area (Å²) in [6.07, 6.45) is 4.18. The van der Waals surface area contributed by atoms with E-state index >= 15 is 0 Å². The summed E-state index contributed by atoms with van der Waals surface area (Å²) in [4.78, 5) is 4.62. The van der Waals surface area contributed by atoms with Gasteiger partial charge in [-0.2, -0.15) is 5.10 Å². The van der Waals surface area contributed by atoms with E-state index < -0.39 is 0 Å². The summed E-state index contributed by atoms with van der Waals surface area (Å²) >= 11 is 0. The average Bonchev–Trinajstić information content (AvgIpc) is 2.91. The Morgan fingerprint density at radius 3 is 2.76 bits per heavy atom. The maximum Gasteiger partial charge on any atom is 0.191 e. The van der Waals surface area contributed by atoms with Gasteiger partial charge in [-0.05, 0) is 39.2 Å². The van der Waals surface area contributed by atoms with E-state index in [2.05, 4.69) is 54.5 Å². The lowest BCUT2D eigenvalue weighted by molar-refractivity contribution is 0.526. The van der Waals surface area contributed by atoms with Gasteiger partial charge < -0.3 is 10.6 Å². The van der Waals surface area contributed by atoms with Crippen molar-refractivity contribution in [1.82, 2.24) is 20.4 Å². The maximum atomic E-state index is 4.62. The standard InChI is InChI=1S/C15H27N5.HI/c1-5-16-15(18-14-10-12(14)4)17-8-6-13-7-9-20(19-13)11(2)3;/h7,9,11-12,14H,5-6,8,10H2,1-4H3,(H2,16,17,18);1H. The van der Waals surface area contributed by atoms with Crippen molar-refractivity contribution in [2.24, 2.45) is 10.9 Å². The molecule has 1 aliphatic rings. The van der Waals surface area contributed by atoms with E-state index in [4.69, 9.17) is 0 Å².